The van der Waals surface area contributed by atoms with Gasteiger partial charge in [-0.15, -0.1) is 0 Å². The molecule has 2 unspecified atom stereocenters. The minimum Gasteiger partial charge on any atom is -0.390 e. The zero-order chi connectivity index (χ0) is 9.78. The van der Waals surface area contributed by atoms with Crippen LogP contribution in [0.25, 0.3) is 0 Å². The Balaban J connectivity index is 3.51. The summed E-state index contributed by atoms with van der Waals surface area (Å²) in [5.74, 6) is 0. The van der Waals surface area contributed by atoms with Crippen LogP contribution in [0, 0.1) is 0 Å². The van der Waals surface area contributed by atoms with Crippen LogP contribution < -0.4 is 11.5 Å². The molecule has 2 atom stereocenters. The van der Waals surface area contributed by atoms with Gasteiger partial charge in [0.1, 0.15) is 0 Å². The van der Waals surface area contributed by atoms with E-state index in [9.17, 15) is 0 Å². The molecule has 0 radical (unpaired) electrons. The fourth-order valence-corrected chi connectivity index (χ4v) is 1.73. The third-order valence-corrected chi connectivity index (χ3v) is 2.48. The number of hydrogen-bond acceptors (Lipinski definition) is 5. The van der Waals surface area contributed by atoms with Crippen LogP contribution in [-0.2, 0) is 0 Å². The number of rotatable bonds is 5. The second kappa shape index (κ2) is 4.90. The molecule has 0 rings (SSSR count). The highest BCUT2D eigenvalue weighted by molar-refractivity contribution is 6.56. The zero-order valence-corrected chi connectivity index (χ0v) is 8.27. The fraction of sp³-hybridized carbons (Fsp3) is 1.00. The van der Waals surface area contributed by atoms with E-state index in [0.717, 1.165) is 0 Å². The molecule has 12 heavy (non-hydrogen) atoms. The van der Waals surface area contributed by atoms with E-state index in [2.05, 4.69) is 0 Å². The Morgan fingerprint density at radius 1 is 1.25 bits per heavy atom. The Kier molecular flexibility index (Phi) is 4.91. The molecule has 0 amide bonds. The number of nitrogens with two attached hydrogens (primary N) is 2. The van der Waals surface area contributed by atoms with Crippen molar-refractivity contribution in [3.8, 4) is 0 Å². The summed E-state index contributed by atoms with van der Waals surface area (Å²) in [6.07, 6.45) is 1.03. The lowest BCUT2D eigenvalue weighted by Crippen LogP contribution is -2.37. The average Bonchev–Trinajstić information content (AvgIpc) is 1.80. The third-order valence-electron chi connectivity index (χ3n) is 1.53. The van der Waals surface area contributed by atoms with Crippen molar-refractivity contribution in [3.63, 3.8) is 0 Å². The van der Waals surface area contributed by atoms with Crippen LogP contribution in [-0.4, -0.2) is 35.3 Å². The van der Waals surface area contributed by atoms with Gasteiger partial charge in [-0.1, -0.05) is 0 Å². The maximum absolute atomic E-state index is 8.66. The lowest BCUT2D eigenvalue weighted by molar-refractivity contribution is 0.224. The van der Waals surface area contributed by atoms with Crippen molar-refractivity contribution >= 4 is 8.80 Å². The lowest BCUT2D eigenvalue weighted by Gasteiger charge is -2.15. The van der Waals surface area contributed by atoms with E-state index >= 15 is 0 Å². The number of hydrogen-bond donors (Lipinski definition) is 5. The first-order valence-electron chi connectivity index (χ1n) is 3.99. The molecule has 0 aliphatic rings. The smallest absolute Gasteiger partial charge is 0.390 e. The van der Waals surface area contributed by atoms with Crippen molar-refractivity contribution < 1.29 is 14.4 Å². The molecule has 7 N–H and O–H groups in total. The SMILES string of the molecule is CC(N)CC(N)CC[Si](O)(O)O. The topological polar surface area (TPSA) is 113 Å². The molecule has 0 heterocycles. The van der Waals surface area contributed by atoms with Crippen LogP contribution in [0.5, 0.6) is 0 Å². The van der Waals surface area contributed by atoms with Gasteiger partial charge < -0.3 is 25.9 Å². The summed E-state index contributed by atoms with van der Waals surface area (Å²) >= 11 is 0. The molecule has 0 aromatic heterocycles. The molecule has 0 aliphatic heterocycles. The van der Waals surface area contributed by atoms with Crippen LogP contribution in [0.3, 0.4) is 0 Å². The van der Waals surface area contributed by atoms with Gasteiger partial charge >= 0.3 is 8.80 Å². The van der Waals surface area contributed by atoms with Crippen molar-refractivity contribution in [1.29, 1.82) is 0 Å². The van der Waals surface area contributed by atoms with Gasteiger partial charge in [0.05, 0.1) is 0 Å². The Hall–Kier alpha value is 0.0169. The van der Waals surface area contributed by atoms with Crippen LogP contribution in [0.1, 0.15) is 19.8 Å². The quantitative estimate of drug-likeness (QED) is 0.337. The summed E-state index contributed by atoms with van der Waals surface area (Å²) in [5, 5.41) is 0. The first-order valence-corrected chi connectivity index (χ1v) is 6.04. The molecule has 0 aromatic carbocycles. The molecular weight excluding hydrogens is 176 g/mol. The molecule has 0 bridgehead atoms. The molecule has 0 aromatic rings. The van der Waals surface area contributed by atoms with Gasteiger partial charge in [0.25, 0.3) is 0 Å². The van der Waals surface area contributed by atoms with E-state index < -0.39 is 8.80 Å². The fourth-order valence-electron chi connectivity index (χ4n) is 0.974. The van der Waals surface area contributed by atoms with E-state index in [1.54, 1.807) is 0 Å². The minimum absolute atomic E-state index is 0.00662. The summed E-state index contributed by atoms with van der Waals surface area (Å²) in [4.78, 5) is 26.0. The standard InChI is InChI=1S/C6H18N2O3Si/c1-5(7)4-6(8)2-3-12(9,10)11/h5-6,9-11H,2-4,7-8H2,1H3. The average molecular weight is 194 g/mol. The maximum Gasteiger partial charge on any atom is 0.492 e. The van der Waals surface area contributed by atoms with Gasteiger partial charge in [0.2, 0.25) is 0 Å². The molecule has 74 valence electrons. The molecule has 6 heteroatoms. The summed E-state index contributed by atoms with van der Waals surface area (Å²) in [7, 11) is -3.89. The van der Waals surface area contributed by atoms with Crippen molar-refractivity contribution in [1.82, 2.24) is 0 Å². The largest absolute Gasteiger partial charge is 0.492 e. The van der Waals surface area contributed by atoms with E-state index in [0.29, 0.717) is 12.8 Å². The van der Waals surface area contributed by atoms with Gasteiger partial charge in [-0.3, -0.25) is 0 Å². The van der Waals surface area contributed by atoms with Gasteiger partial charge in [-0.05, 0) is 19.8 Å². The second-order valence-corrected chi connectivity index (χ2v) is 5.33. The van der Waals surface area contributed by atoms with E-state index in [1.807, 2.05) is 6.92 Å². The first kappa shape index (κ1) is 12.0. The van der Waals surface area contributed by atoms with Gasteiger partial charge in [0, 0.05) is 18.1 Å². The maximum atomic E-state index is 8.66. The predicted octanol–water partition coefficient (Wildman–Crippen LogP) is -1.64. The monoisotopic (exact) mass is 194 g/mol. The summed E-state index contributed by atoms with van der Waals surface area (Å²) in [5.41, 5.74) is 11.1. The van der Waals surface area contributed by atoms with Crippen molar-refractivity contribution in [2.45, 2.75) is 37.9 Å². The summed E-state index contributed by atoms with van der Waals surface area (Å²) in [6.45, 7) is 1.83. The molecule has 0 aliphatic carbocycles. The second-order valence-electron chi connectivity index (χ2n) is 3.29. The molecule has 0 fully saturated rings. The van der Waals surface area contributed by atoms with Crippen molar-refractivity contribution in [3.05, 3.63) is 0 Å². The highest BCUT2D eigenvalue weighted by Gasteiger charge is 2.27. The molecule has 0 saturated heterocycles. The predicted molar refractivity (Wildman–Crippen MR) is 48.1 cm³/mol. The Morgan fingerprint density at radius 3 is 2.08 bits per heavy atom. The highest BCUT2D eigenvalue weighted by Crippen LogP contribution is 2.07. The first-order chi connectivity index (χ1) is 5.31. The van der Waals surface area contributed by atoms with Crippen LogP contribution in [0.15, 0.2) is 0 Å². The Labute approximate surface area is 73.4 Å². The Morgan fingerprint density at radius 2 is 1.75 bits per heavy atom. The third kappa shape index (κ3) is 8.12. The molecule has 0 saturated carbocycles. The van der Waals surface area contributed by atoms with Crippen LogP contribution in [0.4, 0.5) is 0 Å². The van der Waals surface area contributed by atoms with Crippen LogP contribution in [0.2, 0.25) is 6.04 Å². The normalized spacial score (nSPS) is 17.5. The highest BCUT2D eigenvalue weighted by atomic mass is 28.4. The van der Waals surface area contributed by atoms with Gasteiger partial charge in [-0.2, -0.15) is 0 Å². The summed E-state index contributed by atoms with van der Waals surface area (Å²) in [6, 6.07) is -0.170. The van der Waals surface area contributed by atoms with Crippen LogP contribution >= 0.6 is 0 Å². The van der Waals surface area contributed by atoms with Crippen molar-refractivity contribution in [2.75, 3.05) is 0 Å². The molecular formula is C6H18N2O3Si. The molecule has 0 spiro atoms. The van der Waals surface area contributed by atoms with Gasteiger partial charge in [-0.25, -0.2) is 0 Å². The zero-order valence-electron chi connectivity index (χ0n) is 7.27. The Bertz CT molecular complexity index is 126. The van der Waals surface area contributed by atoms with E-state index in [4.69, 9.17) is 25.9 Å². The molecule has 5 nitrogen and oxygen atoms in total. The lowest BCUT2D eigenvalue weighted by atomic mass is 10.1. The summed E-state index contributed by atoms with van der Waals surface area (Å²) < 4.78 is 0. The van der Waals surface area contributed by atoms with E-state index in [1.165, 1.54) is 0 Å². The van der Waals surface area contributed by atoms with Crippen molar-refractivity contribution in [2.24, 2.45) is 11.5 Å². The minimum atomic E-state index is -3.89. The van der Waals surface area contributed by atoms with E-state index in [-0.39, 0.29) is 18.1 Å². The van der Waals surface area contributed by atoms with Gasteiger partial charge in [0.15, 0.2) is 0 Å².